The number of Topliss-reactive ketones (excluding diaryl/α,β-unsaturated/α-hetero) is 1. The van der Waals surface area contributed by atoms with Crippen LogP contribution in [0, 0.1) is 16.7 Å². The van der Waals surface area contributed by atoms with Crippen molar-refractivity contribution in [3.8, 4) is 6.07 Å². The third-order valence-corrected chi connectivity index (χ3v) is 8.57. The Balaban J connectivity index is 1.46. The molecule has 2 aliphatic rings. The minimum atomic E-state index is -0.493. The first-order valence-electron chi connectivity index (χ1n) is 12.4. The molecule has 0 fully saturated rings. The summed E-state index contributed by atoms with van der Waals surface area (Å²) in [6.45, 7) is 4.84. The highest BCUT2D eigenvalue weighted by Crippen LogP contribution is 2.51. The van der Waals surface area contributed by atoms with Gasteiger partial charge in [-0.2, -0.15) is 5.26 Å². The number of imidazole rings is 1. The molecule has 3 heterocycles. The van der Waals surface area contributed by atoms with Crippen molar-refractivity contribution in [3.05, 3.63) is 104 Å². The summed E-state index contributed by atoms with van der Waals surface area (Å²) in [5.41, 5.74) is 12.3. The molecule has 2 N–H and O–H groups in total. The van der Waals surface area contributed by atoms with Crippen molar-refractivity contribution in [1.82, 2.24) is 9.55 Å². The highest BCUT2D eigenvalue weighted by Gasteiger charge is 2.45. The van der Waals surface area contributed by atoms with Crippen molar-refractivity contribution >= 4 is 45.4 Å². The van der Waals surface area contributed by atoms with Crippen LogP contribution in [-0.2, 0) is 11.3 Å². The van der Waals surface area contributed by atoms with Crippen LogP contribution in [0.2, 0.25) is 5.02 Å². The minimum absolute atomic E-state index is 0.0593. The molecule has 1 aliphatic carbocycles. The Bertz CT molecular complexity index is 1700. The van der Waals surface area contributed by atoms with E-state index in [0.29, 0.717) is 41.4 Å². The van der Waals surface area contributed by atoms with Crippen molar-refractivity contribution in [2.24, 2.45) is 11.1 Å². The molecule has 2 aromatic carbocycles. The number of nitrogens with zero attached hydrogens (tertiary/aromatic N) is 4. The largest absolute Gasteiger partial charge is 0.384 e. The monoisotopic (exact) mass is 539 g/mol. The van der Waals surface area contributed by atoms with Crippen LogP contribution in [0.15, 0.2) is 89.0 Å². The molecule has 1 atom stereocenters. The second kappa shape index (κ2) is 9.16. The summed E-state index contributed by atoms with van der Waals surface area (Å²) >= 11 is 7.89. The molecule has 0 saturated heterocycles. The number of carbonyl (C=O) groups is 1. The standard InChI is InChI=1S/C30H26ClN5OS/c1-30(2)12-24-28(25(37)13-30)27(21(14-32)29(33)36(24)20-7-5-6-19(31)11-20)26-10-18(16-38-26)15-35-17-34-22-8-3-4-9-23(22)35/h3-11,16-17,27H,12-13,15,33H2,1-2H3/t27-/m0/s1. The van der Waals surface area contributed by atoms with Gasteiger partial charge in [-0.05, 0) is 59.2 Å². The van der Waals surface area contributed by atoms with Crippen LogP contribution in [0.5, 0.6) is 0 Å². The van der Waals surface area contributed by atoms with Crippen molar-refractivity contribution < 1.29 is 4.79 Å². The number of aromatic nitrogens is 2. The van der Waals surface area contributed by atoms with Gasteiger partial charge in [-0.15, -0.1) is 11.3 Å². The number of ketones is 1. The van der Waals surface area contributed by atoms with E-state index in [4.69, 9.17) is 17.3 Å². The topological polar surface area (TPSA) is 87.9 Å². The van der Waals surface area contributed by atoms with Crippen LogP contribution in [0.4, 0.5) is 5.69 Å². The quantitative estimate of drug-likeness (QED) is 0.310. The van der Waals surface area contributed by atoms with Crippen LogP contribution in [0.1, 0.15) is 43.0 Å². The van der Waals surface area contributed by atoms with Crippen LogP contribution >= 0.6 is 22.9 Å². The number of para-hydroxylation sites is 2. The lowest BCUT2D eigenvalue weighted by molar-refractivity contribution is -0.118. The number of hydrogen-bond acceptors (Lipinski definition) is 6. The van der Waals surface area contributed by atoms with Gasteiger partial charge >= 0.3 is 0 Å². The third-order valence-electron chi connectivity index (χ3n) is 7.29. The molecule has 190 valence electrons. The zero-order valence-electron chi connectivity index (χ0n) is 21.1. The second-order valence-corrected chi connectivity index (χ2v) is 12.1. The molecule has 2 aromatic heterocycles. The maximum absolute atomic E-state index is 13.8. The lowest BCUT2D eigenvalue weighted by Crippen LogP contribution is -2.42. The maximum atomic E-state index is 13.8. The van der Waals surface area contributed by atoms with Crippen molar-refractivity contribution in [2.75, 3.05) is 4.90 Å². The van der Waals surface area contributed by atoms with Crippen LogP contribution < -0.4 is 10.6 Å². The van der Waals surface area contributed by atoms with Crippen LogP contribution in [0.25, 0.3) is 11.0 Å². The van der Waals surface area contributed by atoms with E-state index < -0.39 is 5.92 Å². The summed E-state index contributed by atoms with van der Waals surface area (Å²) in [4.78, 5) is 21.1. The van der Waals surface area contributed by atoms with E-state index in [9.17, 15) is 10.1 Å². The Morgan fingerprint density at radius 2 is 2.00 bits per heavy atom. The molecule has 4 aromatic rings. The lowest BCUT2D eigenvalue weighted by Gasteiger charge is -2.43. The zero-order chi connectivity index (χ0) is 26.6. The number of hydrogen-bond donors (Lipinski definition) is 1. The summed E-state index contributed by atoms with van der Waals surface area (Å²) in [7, 11) is 0. The first-order valence-corrected chi connectivity index (χ1v) is 13.7. The van der Waals surface area contributed by atoms with E-state index in [0.717, 1.165) is 32.9 Å². The lowest BCUT2D eigenvalue weighted by atomic mass is 9.69. The third kappa shape index (κ3) is 4.10. The molecule has 0 radical (unpaired) electrons. The number of allylic oxidation sites excluding steroid dienone is 3. The summed E-state index contributed by atoms with van der Waals surface area (Å²) in [6, 6.07) is 19.9. The fourth-order valence-corrected chi connectivity index (χ4v) is 6.87. The molecule has 0 amide bonds. The molecule has 0 bridgehead atoms. The summed E-state index contributed by atoms with van der Waals surface area (Å²) in [5.74, 6) is -0.0871. The normalized spacial score (nSPS) is 19.2. The number of nitrogens with two attached hydrogens (primary N) is 1. The number of carbonyl (C=O) groups excluding carboxylic acids is 1. The van der Waals surface area contributed by atoms with E-state index in [2.05, 4.69) is 47.0 Å². The molecule has 6 nitrogen and oxygen atoms in total. The summed E-state index contributed by atoms with van der Waals surface area (Å²) in [5, 5.41) is 13.0. The average molecular weight is 540 g/mol. The van der Waals surface area contributed by atoms with Gasteiger partial charge in [0.25, 0.3) is 0 Å². The van der Waals surface area contributed by atoms with E-state index in [-0.39, 0.29) is 11.2 Å². The second-order valence-electron chi connectivity index (χ2n) is 10.7. The number of fused-ring (bicyclic) bond motifs is 1. The zero-order valence-corrected chi connectivity index (χ0v) is 22.7. The van der Waals surface area contributed by atoms with Crippen LogP contribution in [0.3, 0.4) is 0 Å². The Morgan fingerprint density at radius 1 is 1.18 bits per heavy atom. The summed E-state index contributed by atoms with van der Waals surface area (Å²) < 4.78 is 2.11. The van der Waals surface area contributed by atoms with E-state index >= 15 is 0 Å². The molecule has 38 heavy (non-hydrogen) atoms. The Labute approximate surface area is 230 Å². The van der Waals surface area contributed by atoms with Gasteiger partial charge in [0.05, 0.1) is 34.9 Å². The predicted octanol–water partition coefficient (Wildman–Crippen LogP) is 6.74. The molecular formula is C30H26ClN5OS. The van der Waals surface area contributed by atoms with Gasteiger partial charge in [0, 0.05) is 39.8 Å². The Kier molecular flexibility index (Phi) is 5.90. The molecule has 0 unspecified atom stereocenters. The SMILES string of the molecule is CC1(C)CC(=O)C2=C(C1)N(c1cccc(Cl)c1)C(N)=C(C#N)[C@H]2c1cc(Cn2cnc3ccccc32)cs1. The van der Waals surface area contributed by atoms with Gasteiger partial charge in [-0.3, -0.25) is 9.69 Å². The number of rotatable bonds is 4. The molecule has 6 rings (SSSR count). The van der Waals surface area contributed by atoms with Gasteiger partial charge in [0.1, 0.15) is 5.82 Å². The highest BCUT2D eigenvalue weighted by molar-refractivity contribution is 7.10. The van der Waals surface area contributed by atoms with Gasteiger partial charge in [0.15, 0.2) is 5.78 Å². The average Bonchev–Trinajstić information content (AvgIpc) is 3.50. The van der Waals surface area contributed by atoms with Gasteiger partial charge in [-0.1, -0.05) is 43.6 Å². The molecular weight excluding hydrogens is 514 g/mol. The predicted molar refractivity (Wildman–Crippen MR) is 152 cm³/mol. The molecule has 0 saturated carbocycles. The number of thiophene rings is 1. The number of halogens is 1. The van der Waals surface area contributed by atoms with E-state index in [1.807, 2.05) is 47.6 Å². The maximum Gasteiger partial charge on any atom is 0.162 e. The fraction of sp³-hybridized carbons (Fsp3) is 0.233. The van der Waals surface area contributed by atoms with E-state index in [1.165, 1.54) is 0 Å². The Morgan fingerprint density at radius 3 is 2.79 bits per heavy atom. The first-order chi connectivity index (χ1) is 18.3. The smallest absolute Gasteiger partial charge is 0.162 e. The minimum Gasteiger partial charge on any atom is -0.384 e. The van der Waals surface area contributed by atoms with Gasteiger partial charge < -0.3 is 10.3 Å². The highest BCUT2D eigenvalue weighted by atomic mass is 35.5. The molecule has 8 heteroatoms. The van der Waals surface area contributed by atoms with E-state index in [1.54, 1.807) is 17.4 Å². The fourth-order valence-electron chi connectivity index (χ4n) is 5.67. The van der Waals surface area contributed by atoms with Crippen molar-refractivity contribution in [2.45, 2.75) is 39.2 Å². The first kappa shape index (κ1) is 24.5. The van der Waals surface area contributed by atoms with Gasteiger partial charge in [-0.25, -0.2) is 4.98 Å². The molecule has 1 aliphatic heterocycles. The van der Waals surface area contributed by atoms with Crippen molar-refractivity contribution in [3.63, 3.8) is 0 Å². The van der Waals surface area contributed by atoms with Gasteiger partial charge in [0.2, 0.25) is 0 Å². The number of nitriles is 1. The van der Waals surface area contributed by atoms with Crippen LogP contribution in [-0.4, -0.2) is 15.3 Å². The van der Waals surface area contributed by atoms with Crippen molar-refractivity contribution in [1.29, 1.82) is 5.26 Å². The molecule has 0 spiro atoms. The number of benzene rings is 2. The Hall–Kier alpha value is -3.86. The number of anilines is 1. The summed E-state index contributed by atoms with van der Waals surface area (Å²) in [6.07, 6.45) is 2.93.